The molecule has 2 aromatic rings. The molecule has 2 fully saturated rings. The lowest BCUT2D eigenvalue weighted by atomic mass is 9.99. The van der Waals surface area contributed by atoms with Gasteiger partial charge in [0.1, 0.15) is 17.4 Å². The maximum atomic E-state index is 12.6. The van der Waals surface area contributed by atoms with Crippen LogP contribution in [0.3, 0.4) is 0 Å². The van der Waals surface area contributed by atoms with E-state index in [4.69, 9.17) is 10.2 Å². The summed E-state index contributed by atoms with van der Waals surface area (Å²) in [6, 6.07) is 7.65. The summed E-state index contributed by atoms with van der Waals surface area (Å²) in [5.74, 6) is 0.162. The Labute approximate surface area is 163 Å². The lowest BCUT2D eigenvalue weighted by Gasteiger charge is -2.23. The Bertz CT molecular complexity index is 974. The SMILES string of the molecule is Cc1ccc2oc([C@H]3CCN(CC(=O)N4CCC[C@H]4C#N)C3)c(C(N)=O)c2c1. The number of amides is 2. The average Bonchev–Trinajstić information content (AvgIpc) is 3.38. The van der Waals surface area contributed by atoms with Crippen LogP contribution < -0.4 is 5.73 Å². The van der Waals surface area contributed by atoms with E-state index < -0.39 is 5.91 Å². The summed E-state index contributed by atoms with van der Waals surface area (Å²) in [5, 5.41) is 9.95. The third-order valence-electron chi connectivity index (χ3n) is 5.84. The second-order valence-electron chi connectivity index (χ2n) is 7.80. The summed E-state index contributed by atoms with van der Waals surface area (Å²) >= 11 is 0. The topological polar surface area (TPSA) is 104 Å². The number of aryl methyl sites for hydroxylation is 1. The van der Waals surface area contributed by atoms with Crippen molar-refractivity contribution in [1.82, 2.24) is 9.80 Å². The maximum Gasteiger partial charge on any atom is 0.252 e. The lowest BCUT2D eigenvalue weighted by Crippen LogP contribution is -2.41. The van der Waals surface area contributed by atoms with E-state index in [0.717, 1.165) is 36.8 Å². The third kappa shape index (κ3) is 3.25. The van der Waals surface area contributed by atoms with Crippen LogP contribution in [0.2, 0.25) is 0 Å². The van der Waals surface area contributed by atoms with Crippen LogP contribution in [0.25, 0.3) is 11.0 Å². The molecule has 2 aliphatic heterocycles. The van der Waals surface area contributed by atoms with E-state index in [1.807, 2.05) is 25.1 Å². The highest BCUT2D eigenvalue weighted by Gasteiger charge is 2.34. The Kier molecular flexibility index (Phi) is 4.82. The molecule has 4 rings (SSSR count). The van der Waals surface area contributed by atoms with Gasteiger partial charge in [0.15, 0.2) is 0 Å². The smallest absolute Gasteiger partial charge is 0.252 e. The predicted octanol–water partition coefficient (Wildman–Crippen LogP) is 2.14. The zero-order valence-electron chi connectivity index (χ0n) is 16.0. The van der Waals surface area contributed by atoms with Crippen LogP contribution in [0.4, 0.5) is 0 Å². The van der Waals surface area contributed by atoms with Crippen molar-refractivity contribution in [3.8, 4) is 6.07 Å². The minimum atomic E-state index is -0.484. The average molecular weight is 380 g/mol. The number of rotatable bonds is 4. The first kappa shape index (κ1) is 18.5. The predicted molar refractivity (Wildman–Crippen MR) is 104 cm³/mol. The van der Waals surface area contributed by atoms with Crippen molar-refractivity contribution in [2.45, 2.75) is 38.1 Å². The molecule has 2 N–H and O–H groups in total. The van der Waals surface area contributed by atoms with Gasteiger partial charge in [-0.15, -0.1) is 0 Å². The number of hydrogen-bond donors (Lipinski definition) is 1. The third-order valence-corrected chi connectivity index (χ3v) is 5.84. The molecule has 2 aliphatic rings. The Hall–Kier alpha value is -2.85. The molecule has 0 aliphatic carbocycles. The van der Waals surface area contributed by atoms with Crippen molar-refractivity contribution < 1.29 is 14.0 Å². The highest BCUT2D eigenvalue weighted by atomic mass is 16.3. The number of nitriles is 1. The van der Waals surface area contributed by atoms with E-state index in [2.05, 4.69) is 11.0 Å². The zero-order valence-corrected chi connectivity index (χ0v) is 16.0. The van der Waals surface area contributed by atoms with Crippen molar-refractivity contribution in [2.75, 3.05) is 26.2 Å². The largest absolute Gasteiger partial charge is 0.460 e. The number of benzene rings is 1. The molecule has 0 unspecified atom stereocenters. The van der Waals surface area contributed by atoms with Crippen molar-refractivity contribution in [3.05, 3.63) is 35.1 Å². The summed E-state index contributed by atoms with van der Waals surface area (Å²) in [5.41, 5.74) is 7.83. The fourth-order valence-electron chi connectivity index (χ4n) is 4.44. The van der Waals surface area contributed by atoms with Gasteiger partial charge in [-0.3, -0.25) is 14.5 Å². The first-order valence-electron chi connectivity index (χ1n) is 9.72. The maximum absolute atomic E-state index is 12.6. The van der Waals surface area contributed by atoms with Gasteiger partial charge in [-0.2, -0.15) is 5.26 Å². The van der Waals surface area contributed by atoms with Crippen molar-refractivity contribution in [2.24, 2.45) is 5.73 Å². The summed E-state index contributed by atoms with van der Waals surface area (Å²) in [4.78, 5) is 28.5. The second kappa shape index (κ2) is 7.28. The quantitative estimate of drug-likeness (QED) is 0.875. The molecular weight excluding hydrogens is 356 g/mol. The van der Waals surface area contributed by atoms with Gasteiger partial charge in [-0.1, -0.05) is 11.6 Å². The molecule has 0 radical (unpaired) electrons. The first-order chi connectivity index (χ1) is 13.5. The monoisotopic (exact) mass is 380 g/mol. The highest BCUT2D eigenvalue weighted by Crippen LogP contribution is 2.36. The normalized spacial score (nSPS) is 22.6. The van der Waals surface area contributed by atoms with Crippen LogP contribution in [-0.2, 0) is 4.79 Å². The molecule has 2 amide bonds. The number of furan rings is 1. The van der Waals surface area contributed by atoms with E-state index in [-0.39, 0.29) is 17.9 Å². The minimum Gasteiger partial charge on any atom is -0.460 e. The summed E-state index contributed by atoms with van der Waals surface area (Å²) in [6.07, 6.45) is 2.44. The van der Waals surface area contributed by atoms with Gasteiger partial charge in [0, 0.05) is 24.4 Å². The molecule has 2 atom stereocenters. The molecule has 146 valence electrons. The van der Waals surface area contributed by atoms with Crippen LogP contribution in [0.15, 0.2) is 22.6 Å². The Balaban J connectivity index is 1.51. The van der Waals surface area contributed by atoms with E-state index in [9.17, 15) is 14.9 Å². The van der Waals surface area contributed by atoms with E-state index in [0.29, 0.717) is 36.5 Å². The summed E-state index contributed by atoms with van der Waals surface area (Å²) < 4.78 is 6.02. The number of fused-ring (bicyclic) bond motifs is 1. The van der Waals surface area contributed by atoms with Gasteiger partial charge in [-0.25, -0.2) is 0 Å². The molecule has 0 spiro atoms. The first-order valence-corrected chi connectivity index (χ1v) is 9.72. The molecule has 7 nitrogen and oxygen atoms in total. The number of nitrogens with zero attached hydrogens (tertiary/aromatic N) is 3. The highest BCUT2D eigenvalue weighted by molar-refractivity contribution is 6.06. The van der Waals surface area contributed by atoms with Gasteiger partial charge in [0.2, 0.25) is 5.91 Å². The number of likely N-dealkylation sites (tertiary alicyclic amines) is 2. The Morgan fingerprint density at radius 1 is 1.32 bits per heavy atom. The van der Waals surface area contributed by atoms with Gasteiger partial charge in [-0.05, 0) is 44.9 Å². The Morgan fingerprint density at radius 2 is 2.14 bits per heavy atom. The van der Waals surface area contributed by atoms with Crippen LogP contribution in [-0.4, -0.2) is 53.8 Å². The van der Waals surface area contributed by atoms with Gasteiger partial charge in [0.05, 0.1) is 18.2 Å². The van der Waals surface area contributed by atoms with Gasteiger partial charge < -0.3 is 15.1 Å². The summed E-state index contributed by atoms with van der Waals surface area (Å²) in [7, 11) is 0. The molecule has 0 bridgehead atoms. The fourth-order valence-corrected chi connectivity index (χ4v) is 4.44. The zero-order chi connectivity index (χ0) is 19.8. The molecule has 2 saturated heterocycles. The Morgan fingerprint density at radius 3 is 2.89 bits per heavy atom. The van der Waals surface area contributed by atoms with Crippen LogP contribution in [0.1, 0.15) is 46.9 Å². The summed E-state index contributed by atoms with van der Waals surface area (Å²) in [6.45, 7) is 4.29. The van der Waals surface area contributed by atoms with Crippen LogP contribution in [0, 0.1) is 18.3 Å². The fraction of sp³-hybridized carbons (Fsp3) is 0.476. The van der Waals surface area contributed by atoms with Crippen molar-refractivity contribution in [3.63, 3.8) is 0 Å². The van der Waals surface area contributed by atoms with Crippen LogP contribution in [0.5, 0.6) is 0 Å². The number of carbonyl (C=O) groups excluding carboxylic acids is 2. The molecular formula is C21H24N4O3. The molecule has 3 heterocycles. The van der Waals surface area contributed by atoms with Crippen molar-refractivity contribution in [1.29, 1.82) is 5.26 Å². The van der Waals surface area contributed by atoms with E-state index in [1.54, 1.807) is 4.90 Å². The molecule has 1 aromatic carbocycles. The molecule has 7 heteroatoms. The van der Waals surface area contributed by atoms with E-state index in [1.165, 1.54) is 0 Å². The minimum absolute atomic E-state index is 0.0000514. The van der Waals surface area contributed by atoms with Crippen molar-refractivity contribution >= 4 is 22.8 Å². The second-order valence-corrected chi connectivity index (χ2v) is 7.80. The number of primary amides is 1. The standard InChI is InChI=1S/C21H24N4O3/c1-13-4-5-17-16(9-13)19(21(23)27)20(28-17)14-6-8-24(11-14)12-18(26)25-7-2-3-15(25)10-22/h4-5,9,14-15H,2-3,6-8,11-12H2,1H3,(H2,23,27)/t14-,15-/m0/s1. The number of carbonyl (C=O) groups is 2. The van der Waals surface area contributed by atoms with Gasteiger partial charge >= 0.3 is 0 Å². The number of hydrogen-bond acceptors (Lipinski definition) is 5. The van der Waals surface area contributed by atoms with Gasteiger partial charge in [0.25, 0.3) is 5.91 Å². The number of nitrogens with two attached hydrogens (primary N) is 1. The molecule has 0 saturated carbocycles. The van der Waals surface area contributed by atoms with E-state index >= 15 is 0 Å². The lowest BCUT2D eigenvalue weighted by molar-refractivity contribution is -0.132. The molecule has 28 heavy (non-hydrogen) atoms. The van der Waals surface area contributed by atoms with Crippen LogP contribution >= 0.6 is 0 Å². The molecule has 1 aromatic heterocycles.